The molecule has 0 aliphatic carbocycles. The topological polar surface area (TPSA) is 66.8 Å². The van der Waals surface area contributed by atoms with Crippen molar-refractivity contribution in [1.29, 1.82) is 0 Å². The lowest BCUT2D eigenvalue weighted by molar-refractivity contribution is -0.147. The van der Waals surface area contributed by atoms with Gasteiger partial charge in [-0.25, -0.2) is 0 Å². The molecule has 0 fully saturated rings. The van der Waals surface area contributed by atoms with Gasteiger partial charge in [0.1, 0.15) is 12.7 Å². The Balaban J connectivity index is 3.21. The van der Waals surface area contributed by atoms with Crippen LogP contribution in [0, 0.1) is 5.92 Å². The summed E-state index contributed by atoms with van der Waals surface area (Å²) in [4.78, 5) is 11.3. The first-order valence-corrected chi connectivity index (χ1v) is 8.00. The summed E-state index contributed by atoms with van der Waals surface area (Å²) in [6.45, 7) is 4.05. The highest BCUT2D eigenvalue weighted by atomic mass is 16.5. The van der Waals surface area contributed by atoms with Gasteiger partial charge in [0.05, 0.1) is 6.61 Å². The van der Waals surface area contributed by atoms with Gasteiger partial charge in [0.2, 0.25) is 0 Å². The van der Waals surface area contributed by atoms with Crippen molar-refractivity contribution in [2.45, 2.75) is 77.7 Å². The van der Waals surface area contributed by atoms with E-state index in [1.807, 2.05) is 0 Å². The first kappa shape index (κ1) is 19.4. The van der Waals surface area contributed by atoms with Crippen LogP contribution in [0.1, 0.15) is 71.6 Å². The summed E-state index contributed by atoms with van der Waals surface area (Å²) in [6.07, 6.45) is 9.05. The van der Waals surface area contributed by atoms with Gasteiger partial charge < -0.3 is 14.9 Å². The average Bonchev–Trinajstić information content (AvgIpc) is 2.42. The van der Waals surface area contributed by atoms with E-state index in [9.17, 15) is 4.79 Å². The largest absolute Gasteiger partial charge is 0.463 e. The molecule has 0 heterocycles. The summed E-state index contributed by atoms with van der Waals surface area (Å²) in [5.41, 5.74) is 0. The highest BCUT2D eigenvalue weighted by Crippen LogP contribution is 2.12. The maximum atomic E-state index is 11.3. The minimum Gasteiger partial charge on any atom is -0.463 e. The third-order valence-electron chi connectivity index (χ3n) is 3.31. The molecule has 0 amide bonds. The summed E-state index contributed by atoms with van der Waals surface area (Å²) in [7, 11) is 0. The molecule has 0 saturated heterocycles. The zero-order valence-corrected chi connectivity index (χ0v) is 13.1. The molecule has 20 heavy (non-hydrogen) atoms. The molecule has 0 rings (SSSR count). The van der Waals surface area contributed by atoms with Crippen LogP contribution in [0.15, 0.2) is 0 Å². The van der Waals surface area contributed by atoms with Crippen LogP contribution >= 0.6 is 0 Å². The van der Waals surface area contributed by atoms with Gasteiger partial charge in [0.25, 0.3) is 0 Å². The Morgan fingerprint density at radius 1 is 1.00 bits per heavy atom. The maximum absolute atomic E-state index is 11.3. The number of esters is 1. The molecule has 0 aromatic rings. The number of hydrogen-bond acceptors (Lipinski definition) is 4. The summed E-state index contributed by atoms with van der Waals surface area (Å²) in [6, 6.07) is 0. The number of ether oxygens (including phenoxy) is 1. The van der Waals surface area contributed by atoms with Gasteiger partial charge in [0, 0.05) is 6.42 Å². The normalized spacial score (nSPS) is 12.7. The van der Waals surface area contributed by atoms with Crippen molar-refractivity contribution in [3.63, 3.8) is 0 Å². The minimum atomic E-state index is -0.954. The molecule has 0 radical (unpaired) electrons. The van der Waals surface area contributed by atoms with Crippen LogP contribution in [0.4, 0.5) is 0 Å². The molecule has 0 unspecified atom stereocenters. The van der Waals surface area contributed by atoms with E-state index in [0.717, 1.165) is 18.8 Å². The first-order valence-electron chi connectivity index (χ1n) is 8.00. The average molecular weight is 288 g/mol. The lowest BCUT2D eigenvalue weighted by atomic mass is 10.0. The van der Waals surface area contributed by atoms with E-state index in [1.165, 1.54) is 38.5 Å². The van der Waals surface area contributed by atoms with Crippen molar-refractivity contribution in [2.24, 2.45) is 5.92 Å². The number of aliphatic hydroxyl groups excluding tert-OH is 2. The van der Waals surface area contributed by atoms with Crippen molar-refractivity contribution in [1.82, 2.24) is 0 Å². The summed E-state index contributed by atoms with van der Waals surface area (Å²) < 4.78 is 4.83. The lowest BCUT2D eigenvalue weighted by Gasteiger charge is -2.08. The number of aliphatic hydroxyl groups is 2. The zero-order chi connectivity index (χ0) is 15.2. The van der Waals surface area contributed by atoms with Gasteiger partial charge in [-0.2, -0.15) is 0 Å². The molecular formula is C16H32O4. The molecule has 0 aliphatic rings. The zero-order valence-electron chi connectivity index (χ0n) is 13.1. The van der Waals surface area contributed by atoms with E-state index in [2.05, 4.69) is 13.8 Å². The smallest absolute Gasteiger partial charge is 0.305 e. The SMILES string of the molecule is CC(C)CCCCCCCCCC(=O)OC[C@@H](O)CO. The predicted molar refractivity (Wildman–Crippen MR) is 80.4 cm³/mol. The minimum absolute atomic E-state index is 0.106. The van der Waals surface area contributed by atoms with Crippen molar-refractivity contribution in [3.05, 3.63) is 0 Å². The van der Waals surface area contributed by atoms with Crippen LogP contribution in [0.25, 0.3) is 0 Å². The third kappa shape index (κ3) is 13.8. The molecule has 2 N–H and O–H groups in total. The monoisotopic (exact) mass is 288 g/mol. The first-order chi connectivity index (χ1) is 9.56. The molecule has 4 heteroatoms. The molecule has 0 aromatic heterocycles. The highest BCUT2D eigenvalue weighted by Gasteiger charge is 2.07. The van der Waals surface area contributed by atoms with E-state index in [-0.39, 0.29) is 19.2 Å². The Morgan fingerprint density at radius 2 is 1.55 bits per heavy atom. The Morgan fingerprint density at radius 3 is 2.10 bits per heavy atom. The number of hydrogen-bond donors (Lipinski definition) is 2. The number of carbonyl (C=O) groups is 1. The quantitative estimate of drug-likeness (QED) is 0.404. The second kappa shape index (κ2) is 13.4. The predicted octanol–water partition coefficient (Wildman–Crippen LogP) is 3.05. The van der Waals surface area contributed by atoms with E-state index in [4.69, 9.17) is 14.9 Å². The molecule has 0 aliphatic heterocycles. The summed E-state index contributed by atoms with van der Waals surface area (Å²) in [5.74, 6) is 0.528. The van der Waals surface area contributed by atoms with Crippen LogP contribution in [-0.2, 0) is 9.53 Å². The lowest BCUT2D eigenvalue weighted by Crippen LogP contribution is -2.21. The molecular weight excluding hydrogens is 256 g/mol. The maximum Gasteiger partial charge on any atom is 0.305 e. The number of rotatable bonds is 13. The van der Waals surface area contributed by atoms with Crippen LogP contribution in [0.5, 0.6) is 0 Å². The van der Waals surface area contributed by atoms with Crippen molar-refractivity contribution in [3.8, 4) is 0 Å². The standard InChI is InChI=1S/C16H32O4/c1-14(2)10-8-6-4-3-5-7-9-11-16(19)20-13-15(18)12-17/h14-15,17-18H,3-13H2,1-2H3/t15-/m0/s1. The fourth-order valence-corrected chi connectivity index (χ4v) is 2.02. The van der Waals surface area contributed by atoms with Crippen molar-refractivity contribution >= 4 is 5.97 Å². The molecule has 120 valence electrons. The fourth-order valence-electron chi connectivity index (χ4n) is 2.02. The summed E-state index contributed by atoms with van der Waals surface area (Å²) >= 11 is 0. The Kier molecular flexibility index (Phi) is 13.0. The van der Waals surface area contributed by atoms with Gasteiger partial charge in [-0.15, -0.1) is 0 Å². The molecule has 0 saturated carbocycles. The molecule has 0 spiro atoms. The van der Waals surface area contributed by atoms with E-state index in [1.54, 1.807) is 0 Å². The van der Waals surface area contributed by atoms with E-state index < -0.39 is 6.10 Å². The van der Waals surface area contributed by atoms with Gasteiger partial charge in [-0.1, -0.05) is 58.8 Å². The van der Waals surface area contributed by atoms with Gasteiger partial charge >= 0.3 is 5.97 Å². The van der Waals surface area contributed by atoms with Gasteiger partial charge in [-0.05, 0) is 12.3 Å². The van der Waals surface area contributed by atoms with Crippen molar-refractivity contribution < 1.29 is 19.7 Å². The molecule has 0 aromatic carbocycles. The second-order valence-electron chi connectivity index (χ2n) is 5.93. The number of carbonyl (C=O) groups excluding carboxylic acids is 1. The Hall–Kier alpha value is -0.610. The van der Waals surface area contributed by atoms with E-state index >= 15 is 0 Å². The Labute approximate surface area is 123 Å². The van der Waals surface area contributed by atoms with E-state index in [0.29, 0.717) is 6.42 Å². The van der Waals surface area contributed by atoms with Crippen LogP contribution in [0.3, 0.4) is 0 Å². The van der Waals surface area contributed by atoms with Crippen LogP contribution in [-0.4, -0.2) is 35.5 Å². The highest BCUT2D eigenvalue weighted by molar-refractivity contribution is 5.69. The molecule has 1 atom stereocenters. The summed E-state index contributed by atoms with van der Waals surface area (Å²) in [5, 5.41) is 17.6. The fraction of sp³-hybridized carbons (Fsp3) is 0.938. The second-order valence-corrected chi connectivity index (χ2v) is 5.93. The van der Waals surface area contributed by atoms with Crippen LogP contribution in [0.2, 0.25) is 0 Å². The van der Waals surface area contributed by atoms with Crippen molar-refractivity contribution in [2.75, 3.05) is 13.2 Å². The third-order valence-corrected chi connectivity index (χ3v) is 3.31. The molecule has 0 bridgehead atoms. The van der Waals surface area contributed by atoms with Gasteiger partial charge in [-0.3, -0.25) is 4.79 Å². The van der Waals surface area contributed by atoms with Crippen LogP contribution < -0.4 is 0 Å². The van der Waals surface area contributed by atoms with Gasteiger partial charge in [0.15, 0.2) is 0 Å². The number of unbranched alkanes of at least 4 members (excludes halogenated alkanes) is 6. The Bertz CT molecular complexity index is 229. The molecule has 4 nitrogen and oxygen atoms in total.